The fourth-order valence-electron chi connectivity index (χ4n) is 1.99. The van der Waals surface area contributed by atoms with E-state index in [-0.39, 0.29) is 11.7 Å². The summed E-state index contributed by atoms with van der Waals surface area (Å²) in [6, 6.07) is 7.63. The number of aromatic nitrogens is 2. The SMILES string of the molecule is O=C(CSc1nnc(C2CC2)o1)NCCc1cccc(Cl)c1. The second-order valence-electron chi connectivity index (χ2n) is 5.20. The first-order chi connectivity index (χ1) is 10.7. The van der Waals surface area contributed by atoms with Crippen LogP contribution < -0.4 is 5.32 Å². The van der Waals surface area contributed by atoms with Crippen molar-refractivity contribution < 1.29 is 9.21 Å². The van der Waals surface area contributed by atoms with Gasteiger partial charge in [0.25, 0.3) is 5.22 Å². The van der Waals surface area contributed by atoms with Crippen LogP contribution in [0.4, 0.5) is 0 Å². The lowest BCUT2D eigenvalue weighted by Crippen LogP contribution is -2.27. The van der Waals surface area contributed by atoms with Crippen molar-refractivity contribution in [3.63, 3.8) is 0 Å². The first-order valence-electron chi connectivity index (χ1n) is 7.18. The Hall–Kier alpha value is -1.53. The molecule has 116 valence electrons. The Morgan fingerprint density at radius 3 is 3.05 bits per heavy atom. The molecule has 0 unspecified atom stereocenters. The van der Waals surface area contributed by atoms with Crippen molar-refractivity contribution in [2.45, 2.75) is 30.4 Å². The monoisotopic (exact) mass is 337 g/mol. The van der Waals surface area contributed by atoms with Crippen LogP contribution >= 0.6 is 23.4 Å². The van der Waals surface area contributed by atoms with Crippen molar-refractivity contribution in [2.75, 3.05) is 12.3 Å². The van der Waals surface area contributed by atoms with Gasteiger partial charge in [-0.3, -0.25) is 4.79 Å². The maximum absolute atomic E-state index is 11.8. The second kappa shape index (κ2) is 7.15. The lowest BCUT2D eigenvalue weighted by molar-refractivity contribution is -0.118. The quantitative estimate of drug-likeness (QED) is 0.786. The maximum atomic E-state index is 11.8. The van der Waals surface area contributed by atoms with E-state index >= 15 is 0 Å². The lowest BCUT2D eigenvalue weighted by atomic mass is 10.1. The summed E-state index contributed by atoms with van der Waals surface area (Å²) in [7, 11) is 0. The molecule has 0 atom stereocenters. The number of rotatable bonds is 7. The van der Waals surface area contributed by atoms with E-state index in [1.165, 1.54) is 11.8 Å². The molecule has 1 aromatic carbocycles. The molecule has 0 spiro atoms. The number of carbonyl (C=O) groups excluding carboxylic acids is 1. The molecule has 0 bridgehead atoms. The van der Waals surface area contributed by atoms with E-state index in [0.29, 0.717) is 28.6 Å². The average molecular weight is 338 g/mol. The molecule has 1 aromatic heterocycles. The second-order valence-corrected chi connectivity index (χ2v) is 6.56. The molecule has 1 aliphatic carbocycles. The van der Waals surface area contributed by atoms with Crippen LogP contribution in [0.5, 0.6) is 0 Å². The predicted octanol–water partition coefficient (Wildman–Crippen LogP) is 3.05. The maximum Gasteiger partial charge on any atom is 0.277 e. The van der Waals surface area contributed by atoms with Gasteiger partial charge < -0.3 is 9.73 Å². The van der Waals surface area contributed by atoms with E-state index in [9.17, 15) is 4.79 Å². The van der Waals surface area contributed by atoms with Crippen LogP contribution in [0, 0.1) is 0 Å². The number of halogens is 1. The summed E-state index contributed by atoms with van der Waals surface area (Å²) in [5.41, 5.74) is 1.10. The summed E-state index contributed by atoms with van der Waals surface area (Å²) >= 11 is 7.19. The Morgan fingerprint density at radius 2 is 2.27 bits per heavy atom. The number of nitrogens with zero attached hydrogens (tertiary/aromatic N) is 2. The zero-order valence-electron chi connectivity index (χ0n) is 11.9. The molecule has 1 saturated carbocycles. The molecule has 1 fully saturated rings. The van der Waals surface area contributed by atoms with E-state index in [4.69, 9.17) is 16.0 Å². The fraction of sp³-hybridized carbons (Fsp3) is 0.400. The Morgan fingerprint density at radius 1 is 1.41 bits per heavy atom. The smallest absolute Gasteiger partial charge is 0.277 e. The van der Waals surface area contributed by atoms with Crippen molar-refractivity contribution >= 4 is 29.3 Å². The minimum Gasteiger partial charge on any atom is -0.416 e. The Bertz CT molecular complexity index is 658. The molecule has 1 N–H and O–H groups in total. The van der Waals surface area contributed by atoms with Gasteiger partial charge in [-0.2, -0.15) is 0 Å². The van der Waals surface area contributed by atoms with Gasteiger partial charge in [0.1, 0.15) is 0 Å². The van der Waals surface area contributed by atoms with Gasteiger partial charge in [0.2, 0.25) is 11.8 Å². The summed E-state index contributed by atoms with van der Waals surface area (Å²) in [4.78, 5) is 11.8. The van der Waals surface area contributed by atoms with Crippen molar-refractivity contribution in [3.05, 3.63) is 40.7 Å². The average Bonchev–Trinajstić information content (AvgIpc) is 3.24. The zero-order valence-corrected chi connectivity index (χ0v) is 13.5. The van der Waals surface area contributed by atoms with Gasteiger partial charge in [-0.05, 0) is 37.0 Å². The van der Waals surface area contributed by atoms with Gasteiger partial charge in [-0.1, -0.05) is 35.5 Å². The number of hydrogen-bond donors (Lipinski definition) is 1. The van der Waals surface area contributed by atoms with E-state index < -0.39 is 0 Å². The van der Waals surface area contributed by atoms with Gasteiger partial charge in [0, 0.05) is 17.5 Å². The fourth-order valence-corrected chi connectivity index (χ4v) is 2.80. The minimum atomic E-state index is -0.0433. The summed E-state index contributed by atoms with van der Waals surface area (Å²) in [6.07, 6.45) is 3.00. The Kier molecular flexibility index (Phi) is 5.00. The highest BCUT2D eigenvalue weighted by Gasteiger charge is 2.29. The van der Waals surface area contributed by atoms with Crippen LogP contribution in [0.3, 0.4) is 0 Å². The van der Waals surface area contributed by atoms with E-state index in [2.05, 4.69) is 15.5 Å². The molecule has 0 saturated heterocycles. The topological polar surface area (TPSA) is 68.0 Å². The Balaban J connectivity index is 1.36. The van der Waals surface area contributed by atoms with Gasteiger partial charge >= 0.3 is 0 Å². The first kappa shape index (κ1) is 15.4. The van der Waals surface area contributed by atoms with Gasteiger partial charge in [-0.15, -0.1) is 10.2 Å². The molecule has 22 heavy (non-hydrogen) atoms. The van der Waals surface area contributed by atoms with Gasteiger partial charge in [-0.25, -0.2) is 0 Å². The standard InChI is InChI=1S/C15H16ClN3O2S/c16-12-3-1-2-10(8-12)6-7-17-13(20)9-22-15-19-18-14(21-15)11-4-5-11/h1-3,8,11H,4-7,9H2,(H,17,20). The van der Waals surface area contributed by atoms with E-state index in [1.54, 1.807) is 0 Å². The number of benzene rings is 1. The number of hydrogen-bond acceptors (Lipinski definition) is 5. The number of thioether (sulfide) groups is 1. The number of nitrogens with one attached hydrogen (secondary N) is 1. The van der Waals surface area contributed by atoms with Crippen molar-refractivity contribution in [3.8, 4) is 0 Å². The molecule has 1 aliphatic rings. The summed E-state index contributed by atoms with van der Waals surface area (Å²) < 4.78 is 5.49. The third-order valence-electron chi connectivity index (χ3n) is 3.30. The minimum absolute atomic E-state index is 0.0433. The van der Waals surface area contributed by atoms with Crippen LogP contribution in [0.15, 0.2) is 33.9 Å². The molecule has 5 nitrogen and oxygen atoms in total. The summed E-state index contributed by atoms with van der Waals surface area (Å²) in [5.74, 6) is 1.37. The molecule has 3 rings (SSSR count). The van der Waals surface area contributed by atoms with Crippen LogP contribution in [0.2, 0.25) is 5.02 Å². The van der Waals surface area contributed by atoms with Crippen LogP contribution in [-0.2, 0) is 11.2 Å². The zero-order chi connectivity index (χ0) is 15.4. The van der Waals surface area contributed by atoms with E-state index in [1.807, 2.05) is 24.3 Å². The lowest BCUT2D eigenvalue weighted by Gasteiger charge is -2.04. The highest BCUT2D eigenvalue weighted by Crippen LogP contribution is 2.39. The van der Waals surface area contributed by atoms with Crippen molar-refractivity contribution in [2.24, 2.45) is 0 Å². The van der Waals surface area contributed by atoms with Gasteiger partial charge in [0.05, 0.1) is 5.75 Å². The van der Waals surface area contributed by atoms with Crippen LogP contribution in [0.1, 0.15) is 30.2 Å². The van der Waals surface area contributed by atoms with Crippen molar-refractivity contribution in [1.82, 2.24) is 15.5 Å². The van der Waals surface area contributed by atoms with Crippen LogP contribution in [-0.4, -0.2) is 28.4 Å². The van der Waals surface area contributed by atoms with Crippen molar-refractivity contribution in [1.29, 1.82) is 0 Å². The molecule has 0 aliphatic heterocycles. The Labute approximate surface area is 137 Å². The highest BCUT2D eigenvalue weighted by atomic mass is 35.5. The molecular formula is C15H16ClN3O2S. The molecule has 0 radical (unpaired) electrons. The third-order valence-corrected chi connectivity index (χ3v) is 4.35. The third kappa shape index (κ3) is 4.48. The predicted molar refractivity (Wildman–Crippen MR) is 85.2 cm³/mol. The molecule has 2 aromatic rings. The molecule has 1 amide bonds. The van der Waals surface area contributed by atoms with Crippen LogP contribution in [0.25, 0.3) is 0 Å². The first-order valence-corrected chi connectivity index (χ1v) is 8.54. The van der Waals surface area contributed by atoms with E-state index in [0.717, 1.165) is 24.8 Å². The molecule has 7 heteroatoms. The highest BCUT2D eigenvalue weighted by molar-refractivity contribution is 7.99. The largest absolute Gasteiger partial charge is 0.416 e. The number of carbonyl (C=O) groups is 1. The van der Waals surface area contributed by atoms with Gasteiger partial charge in [0.15, 0.2) is 0 Å². The molecular weight excluding hydrogens is 322 g/mol. The summed E-state index contributed by atoms with van der Waals surface area (Å²) in [6.45, 7) is 0.580. The molecule has 1 heterocycles. The normalized spacial score (nSPS) is 14.0. The summed E-state index contributed by atoms with van der Waals surface area (Å²) in [5, 5.41) is 12.0. The number of amides is 1.